The van der Waals surface area contributed by atoms with Crippen molar-refractivity contribution in [3.8, 4) is 5.13 Å². The van der Waals surface area contributed by atoms with Crippen LogP contribution in [0, 0.1) is 11.6 Å². The van der Waals surface area contributed by atoms with E-state index < -0.39 is 36.6 Å². The Morgan fingerprint density at radius 1 is 1.12 bits per heavy atom. The van der Waals surface area contributed by atoms with Crippen LogP contribution in [0.4, 0.5) is 8.78 Å². The van der Waals surface area contributed by atoms with Crippen LogP contribution in [0.15, 0.2) is 54.9 Å². The van der Waals surface area contributed by atoms with Gasteiger partial charge in [0.25, 0.3) is 5.91 Å². The minimum atomic E-state index is -0.808. The highest BCUT2D eigenvalue weighted by Gasteiger charge is 2.24. The van der Waals surface area contributed by atoms with Crippen molar-refractivity contribution in [1.82, 2.24) is 19.7 Å². The number of thiazole rings is 1. The van der Waals surface area contributed by atoms with Gasteiger partial charge in [0.2, 0.25) is 5.13 Å². The molecule has 2 aromatic carbocycles. The Morgan fingerprint density at radius 3 is 2.59 bits per heavy atom. The van der Waals surface area contributed by atoms with Crippen molar-refractivity contribution in [1.29, 1.82) is 0 Å². The van der Waals surface area contributed by atoms with E-state index in [9.17, 15) is 18.4 Å². The molecule has 0 saturated heterocycles. The molecule has 4 rings (SSSR count). The zero-order valence-corrected chi connectivity index (χ0v) is 17.8. The molecule has 2 heterocycles. The molecule has 0 aliphatic heterocycles. The summed E-state index contributed by atoms with van der Waals surface area (Å²) in [5.41, 5.74) is 0.629. The Balaban J connectivity index is 1.62. The number of carbonyl (C=O) groups is 2. The monoisotopic (exact) mass is 456 g/mol. The number of aromatic nitrogens is 3. The number of hydrogen-bond donors (Lipinski definition) is 0. The van der Waals surface area contributed by atoms with Crippen molar-refractivity contribution in [3.05, 3.63) is 77.6 Å². The summed E-state index contributed by atoms with van der Waals surface area (Å²) in [6.45, 7) is 0.836. The average Bonchev–Trinajstić information content (AvgIpc) is 3.42. The minimum absolute atomic E-state index is 0.116. The molecule has 0 unspecified atom stereocenters. The van der Waals surface area contributed by atoms with Crippen LogP contribution in [0.1, 0.15) is 22.8 Å². The lowest BCUT2D eigenvalue weighted by molar-refractivity contribution is -0.144. The summed E-state index contributed by atoms with van der Waals surface area (Å²) >= 11 is 1.40. The quantitative estimate of drug-likeness (QED) is 0.394. The number of amides is 1. The number of fused-ring (bicyclic) bond motifs is 1. The fraction of sp³-hybridized carbons (Fsp3) is 0.182. The molecule has 1 amide bonds. The molecule has 2 aromatic heterocycles. The van der Waals surface area contributed by atoms with Gasteiger partial charge in [-0.05, 0) is 31.2 Å². The Labute approximate surface area is 185 Å². The minimum Gasteiger partial charge on any atom is -0.465 e. The second-order valence-electron chi connectivity index (χ2n) is 6.80. The van der Waals surface area contributed by atoms with Crippen molar-refractivity contribution >= 4 is 33.4 Å². The van der Waals surface area contributed by atoms with Crippen LogP contribution in [-0.4, -0.2) is 44.7 Å². The molecule has 0 atom stereocenters. The molecule has 0 aliphatic carbocycles. The molecule has 0 fully saturated rings. The SMILES string of the molecule is CCOC(=O)CN(Cc1c(F)cccc1F)C(=O)c1cnn(-c2nc3ccccc3s2)c1. The number of para-hydroxylation sites is 1. The van der Waals surface area contributed by atoms with Gasteiger partial charge in [0.15, 0.2) is 0 Å². The van der Waals surface area contributed by atoms with Gasteiger partial charge in [-0.15, -0.1) is 0 Å². The fourth-order valence-electron chi connectivity index (χ4n) is 3.11. The smallest absolute Gasteiger partial charge is 0.325 e. The van der Waals surface area contributed by atoms with Crippen molar-refractivity contribution in [3.63, 3.8) is 0 Å². The molecule has 32 heavy (non-hydrogen) atoms. The van der Waals surface area contributed by atoms with Gasteiger partial charge in [0.05, 0.1) is 35.1 Å². The maximum absolute atomic E-state index is 14.2. The highest BCUT2D eigenvalue weighted by Crippen LogP contribution is 2.24. The maximum Gasteiger partial charge on any atom is 0.325 e. The van der Waals surface area contributed by atoms with E-state index in [0.29, 0.717) is 5.13 Å². The van der Waals surface area contributed by atoms with Crippen LogP contribution in [0.5, 0.6) is 0 Å². The second kappa shape index (κ2) is 9.23. The number of benzene rings is 2. The highest BCUT2D eigenvalue weighted by atomic mass is 32.1. The molecule has 10 heteroatoms. The molecule has 0 radical (unpaired) electrons. The first-order valence-electron chi connectivity index (χ1n) is 9.74. The first-order chi connectivity index (χ1) is 15.5. The summed E-state index contributed by atoms with van der Waals surface area (Å²) in [6, 6.07) is 11.0. The number of esters is 1. The van der Waals surface area contributed by atoms with Crippen LogP contribution in [0.25, 0.3) is 15.3 Å². The van der Waals surface area contributed by atoms with Gasteiger partial charge in [-0.25, -0.2) is 18.4 Å². The van der Waals surface area contributed by atoms with Crippen LogP contribution >= 0.6 is 11.3 Å². The Kier molecular flexibility index (Phi) is 6.22. The predicted molar refractivity (Wildman–Crippen MR) is 114 cm³/mol. The third kappa shape index (κ3) is 4.50. The van der Waals surface area contributed by atoms with E-state index in [1.165, 1.54) is 34.5 Å². The molecule has 4 aromatic rings. The lowest BCUT2D eigenvalue weighted by Gasteiger charge is -2.21. The van der Waals surface area contributed by atoms with E-state index in [2.05, 4.69) is 10.1 Å². The lowest BCUT2D eigenvalue weighted by Crippen LogP contribution is -2.36. The van der Waals surface area contributed by atoms with Crippen molar-refractivity contribution in [2.45, 2.75) is 13.5 Å². The van der Waals surface area contributed by atoms with Crippen molar-refractivity contribution in [2.75, 3.05) is 13.2 Å². The number of carbonyl (C=O) groups excluding carboxylic acids is 2. The Bertz CT molecular complexity index is 1230. The van der Waals surface area contributed by atoms with E-state index in [1.807, 2.05) is 24.3 Å². The number of nitrogens with zero attached hydrogens (tertiary/aromatic N) is 4. The van der Waals surface area contributed by atoms with Gasteiger partial charge >= 0.3 is 5.97 Å². The number of ether oxygens (including phenoxy) is 1. The number of halogens is 2. The van der Waals surface area contributed by atoms with Crippen molar-refractivity contribution in [2.24, 2.45) is 0 Å². The van der Waals surface area contributed by atoms with E-state index in [4.69, 9.17) is 4.74 Å². The zero-order valence-electron chi connectivity index (χ0n) is 17.0. The highest BCUT2D eigenvalue weighted by molar-refractivity contribution is 7.20. The third-order valence-electron chi connectivity index (χ3n) is 4.63. The summed E-state index contributed by atoms with van der Waals surface area (Å²) in [7, 11) is 0. The van der Waals surface area contributed by atoms with E-state index >= 15 is 0 Å². The van der Waals surface area contributed by atoms with Gasteiger partial charge in [-0.2, -0.15) is 5.10 Å². The predicted octanol–water partition coefficient (Wildman–Crippen LogP) is 3.97. The van der Waals surface area contributed by atoms with E-state index in [0.717, 1.165) is 27.2 Å². The first kappa shape index (κ1) is 21.6. The summed E-state index contributed by atoms with van der Waals surface area (Å²) < 4.78 is 35.7. The van der Waals surface area contributed by atoms with Crippen LogP contribution in [0.3, 0.4) is 0 Å². The molecule has 0 N–H and O–H groups in total. The zero-order chi connectivity index (χ0) is 22.7. The number of hydrogen-bond acceptors (Lipinski definition) is 6. The van der Waals surface area contributed by atoms with Crippen LogP contribution in [0.2, 0.25) is 0 Å². The fourth-order valence-corrected chi connectivity index (χ4v) is 4.01. The molecule has 0 saturated carbocycles. The summed E-state index contributed by atoms with van der Waals surface area (Å²) in [5, 5.41) is 4.75. The van der Waals surface area contributed by atoms with E-state index in [1.54, 1.807) is 6.92 Å². The molecule has 0 spiro atoms. The van der Waals surface area contributed by atoms with Crippen LogP contribution in [-0.2, 0) is 16.1 Å². The Hall–Kier alpha value is -3.66. The molecule has 164 valence electrons. The molecule has 0 bridgehead atoms. The standard InChI is InChI=1S/C22H18F2N4O3S/c1-2-31-20(29)13-27(12-15-16(23)6-5-7-17(15)24)21(30)14-10-25-28(11-14)22-26-18-8-3-4-9-19(18)32-22/h3-11H,2,12-13H2,1H3. The van der Waals surface area contributed by atoms with Gasteiger partial charge < -0.3 is 9.64 Å². The topological polar surface area (TPSA) is 77.3 Å². The summed E-state index contributed by atoms with van der Waals surface area (Å²) in [4.78, 5) is 30.7. The molecular weight excluding hydrogens is 438 g/mol. The van der Waals surface area contributed by atoms with E-state index in [-0.39, 0.29) is 17.7 Å². The normalized spacial score (nSPS) is 11.0. The van der Waals surface area contributed by atoms with Gasteiger partial charge in [-0.1, -0.05) is 29.5 Å². The first-order valence-corrected chi connectivity index (χ1v) is 10.6. The maximum atomic E-state index is 14.2. The second-order valence-corrected chi connectivity index (χ2v) is 7.81. The number of rotatable bonds is 7. The lowest BCUT2D eigenvalue weighted by atomic mass is 10.1. The largest absolute Gasteiger partial charge is 0.465 e. The Morgan fingerprint density at radius 2 is 1.88 bits per heavy atom. The van der Waals surface area contributed by atoms with Gasteiger partial charge in [0, 0.05) is 11.8 Å². The molecule has 0 aliphatic rings. The van der Waals surface area contributed by atoms with Gasteiger partial charge in [-0.3, -0.25) is 9.59 Å². The van der Waals surface area contributed by atoms with Gasteiger partial charge in [0.1, 0.15) is 18.2 Å². The summed E-state index contributed by atoms with van der Waals surface area (Å²) in [6.07, 6.45) is 2.79. The average molecular weight is 456 g/mol. The third-order valence-corrected chi connectivity index (χ3v) is 5.66. The molecular formula is C22H18F2N4O3S. The van der Waals surface area contributed by atoms with Crippen LogP contribution < -0.4 is 0 Å². The van der Waals surface area contributed by atoms with Crippen molar-refractivity contribution < 1.29 is 23.1 Å². The molecule has 7 nitrogen and oxygen atoms in total. The summed E-state index contributed by atoms with van der Waals surface area (Å²) in [5.74, 6) is -2.92.